The molecule has 1 aliphatic rings. The zero-order chi connectivity index (χ0) is 30.1. The lowest BCUT2D eigenvalue weighted by atomic mass is 9.93. The number of rotatable bonds is 7. The Kier molecular flexibility index (Phi) is 8.32. The van der Waals surface area contributed by atoms with Crippen molar-refractivity contribution in [1.29, 1.82) is 0 Å². The fraction of sp³-hybridized carbons (Fsp3) is 0.286. The molecule has 1 aromatic heterocycles. The van der Waals surface area contributed by atoms with E-state index >= 15 is 0 Å². The minimum absolute atomic E-state index is 0.171. The van der Waals surface area contributed by atoms with Gasteiger partial charge in [0.2, 0.25) is 0 Å². The Bertz CT molecular complexity index is 1850. The predicted molar refractivity (Wildman–Crippen MR) is 171 cm³/mol. The SMILES string of the molecule is COc1cc(C)c(/C=c2/sc3n(c2=O)[C@@H](c2ccc(C(C)C)cc2)C(C(=O)Nc2ccccc2)=C(C)N=3)cc1C(C)C. The number of amides is 1. The summed E-state index contributed by atoms with van der Waals surface area (Å²) in [4.78, 5) is 33.3. The number of carbonyl (C=O) groups excluding carboxylic acids is 1. The van der Waals surface area contributed by atoms with Gasteiger partial charge < -0.3 is 10.1 Å². The van der Waals surface area contributed by atoms with Crippen LogP contribution >= 0.6 is 11.3 Å². The van der Waals surface area contributed by atoms with E-state index in [0.717, 1.165) is 28.0 Å². The van der Waals surface area contributed by atoms with E-state index in [1.165, 1.54) is 16.9 Å². The van der Waals surface area contributed by atoms with E-state index < -0.39 is 6.04 Å². The van der Waals surface area contributed by atoms with E-state index in [2.05, 4.69) is 51.2 Å². The summed E-state index contributed by atoms with van der Waals surface area (Å²) >= 11 is 1.35. The number of carbonyl (C=O) groups is 1. The van der Waals surface area contributed by atoms with Crippen molar-refractivity contribution in [1.82, 2.24) is 4.57 Å². The van der Waals surface area contributed by atoms with Gasteiger partial charge in [0, 0.05) is 5.69 Å². The lowest BCUT2D eigenvalue weighted by molar-refractivity contribution is -0.113. The number of aryl methyl sites for hydroxylation is 1. The maximum atomic E-state index is 14.2. The van der Waals surface area contributed by atoms with Gasteiger partial charge in [-0.25, -0.2) is 4.99 Å². The average Bonchev–Trinajstić information content (AvgIpc) is 3.27. The summed E-state index contributed by atoms with van der Waals surface area (Å²) in [6, 6.07) is 21.0. The highest BCUT2D eigenvalue weighted by atomic mass is 32.1. The van der Waals surface area contributed by atoms with E-state index in [4.69, 9.17) is 9.73 Å². The van der Waals surface area contributed by atoms with Crippen LogP contribution in [0.5, 0.6) is 5.75 Å². The van der Waals surface area contributed by atoms with Crippen molar-refractivity contribution in [3.8, 4) is 5.75 Å². The molecule has 0 unspecified atom stereocenters. The number of nitrogens with one attached hydrogen (secondary N) is 1. The lowest BCUT2D eigenvalue weighted by Gasteiger charge is -2.25. The predicted octanol–water partition coefficient (Wildman–Crippen LogP) is 6.44. The molecule has 0 spiro atoms. The van der Waals surface area contributed by atoms with Gasteiger partial charge in [-0.1, -0.05) is 81.5 Å². The van der Waals surface area contributed by atoms with E-state index in [0.29, 0.717) is 32.2 Å². The second-order valence-corrected chi connectivity index (χ2v) is 12.3. The maximum Gasteiger partial charge on any atom is 0.271 e. The van der Waals surface area contributed by atoms with Crippen LogP contribution in [0.15, 0.2) is 87.8 Å². The van der Waals surface area contributed by atoms with Gasteiger partial charge >= 0.3 is 0 Å². The quantitative estimate of drug-likeness (QED) is 0.274. The highest BCUT2D eigenvalue weighted by Crippen LogP contribution is 2.32. The van der Waals surface area contributed by atoms with E-state index in [-0.39, 0.29) is 17.4 Å². The van der Waals surface area contributed by atoms with Crippen molar-refractivity contribution in [3.63, 3.8) is 0 Å². The molecule has 6 nitrogen and oxygen atoms in total. The molecule has 0 fully saturated rings. The molecule has 0 aliphatic carbocycles. The first-order valence-corrected chi connectivity index (χ1v) is 15.1. The molecule has 5 rings (SSSR count). The third-order valence-electron chi connectivity index (χ3n) is 7.74. The van der Waals surface area contributed by atoms with Crippen molar-refractivity contribution >= 4 is 29.0 Å². The zero-order valence-electron chi connectivity index (χ0n) is 25.2. The first kappa shape index (κ1) is 29.3. The fourth-order valence-electron chi connectivity index (χ4n) is 5.35. The molecule has 1 N–H and O–H groups in total. The maximum absolute atomic E-state index is 14.2. The highest BCUT2D eigenvalue weighted by molar-refractivity contribution is 7.07. The van der Waals surface area contributed by atoms with Gasteiger partial charge in [0.25, 0.3) is 11.5 Å². The molecular formula is C35H37N3O3S. The summed E-state index contributed by atoms with van der Waals surface area (Å²) in [7, 11) is 1.68. The van der Waals surface area contributed by atoms with E-state index in [1.54, 1.807) is 11.7 Å². The molecule has 42 heavy (non-hydrogen) atoms. The van der Waals surface area contributed by atoms with Gasteiger partial charge in [-0.2, -0.15) is 0 Å². The first-order chi connectivity index (χ1) is 20.1. The summed E-state index contributed by atoms with van der Waals surface area (Å²) in [5.41, 5.74) is 6.68. The van der Waals surface area contributed by atoms with E-state index in [1.807, 2.05) is 68.5 Å². The van der Waals surface area contributed by atoms with Crippen molar-refractivity contribution in [2.75, 3.05) is 12.4 Å². The van der Waals surface area contributed by atoms with Crippen LogP contribution < -0.4 is 24.9 Å². The van der Waals surface area contributed by atoms with Gasteiger partial charge in [-0.3, -0.25) is 14.2 Å². The van der Waals surface area contributed by atoms with Crippen LogP contribution in [0.3, 0.4) is 0 Å². The Morgan fingerprint density at radius 3 is 2.31 bits per heavy atom. The van der Waals surface area contributed by atoms with Gasteiger partial charge in [-0.15, -0.1) is 0 Å². The van der Waals surface area contributed by atoms with Crippen LogP contribution in [0, 0.1) is 6.92 Å². The van der Waals surface area contributed by atoms with Crippen molar-refractivity contribution in [2.45, 2.75) is 59.4 Å². The Hall–Kier alpha value is -4.23. The van der Waals surface area contributed by atoms with Gasteiger partial charge in [0.15, 0.2) is 4.80 Å². The van der Waals surface area contributed by atoms with Gasteiger partial charge in [0.05, 0.1) is 29.0 Å². The number of allylic oxidation sites excluding steroid dienone is 1. The Balaban J connectivity index is 1.69. The number of anilines is 1. The summed E-state index contributed by atoms with van der Waals surface area (Å²) in [6.45, 7) is 12.4. The summed E-state index contributed by atoms with van der Waals surface area (Å²) < 4.78 is 7.87. The van der Waals surface area contributed by atoms with E-state index in [9.17, 15) is 9.59 Å². The largest absolute Gasteiger partial charge is 0.496 e. The Morgan fingerprint density at radius 1 is 1.00 bits per heavy atom. The minimum Gasteiger partial charge on any atom is -0.496 e. The van der Waals surface area contributed by atoms with Gasteiger partial charge in [0.1, 0.15) is 5.75 Å². The number of hydrogen-bond donors (Lipinski definition) is 1. The van der Waals surface area contributed by atoms with Crippen LogP contribution in [0.1, 0.15) is 80.3 Å². The monoisotopic (exact) mass is 579 g/mol. The fourth-order valence-corrected chi connectivity index (χ4v) is 6.39. The Morgan fingerprint density at radius 2 is 1.69 bits per heavy atom. The number of nitrogens with zero attached hydrogens (tertiary/aromatic N) is 2. The number of aromatic nitrogens is 1. The molecule has 4 aromatic rings. The van der Waals surface area contributed by atoms with Crippen molar-refractivity contribution in [2.24, 2.45) is 4.99 Å². The molecular weight excluding hydrogens is 542 g/mol. The van der Waals surface area contributed by atoms with Crippen LogP contribution in [0.4, 0.5) is 5.69 Å². The number of ether oxygens (including phenoxy) is 1. The summed E-state index contributed by atoms with van der Waals surface area (Å²) in [6.07, 6.45) is 1.94. The number of thiazole rings is 1. The molecule has 1 amide bonds. The molecule has 0 bridgehead atoms. The Labute approximate surface area is 250 Å². The zero-order valence-corrected chi connectivity index (χ0v) is 26.0. The van der Waals surface area contributed by atoms with Crippen LogP contribution in [-0.4, -0.2) is 17.6 Å². The smallest absolute Gasteiger partial charge is 0.271 e. The van der Waals surface area contributed by atoms with Gasteiger partial charge in [-0.05, 0) is 83.8 Å². The number of hydrogen-bond acceptors (Lipinski definition) is 5. The molecule has 3 aromatic carbocycles. The van der Waals surface area contributed by atoms with Crippen LogP contribution in [-0.2, 0) is 4.79 Å². The van der Waals surface area contributed by atoms with Crippen molar-refractivity contribution < 1.29 is 9.53 Å². The molecule has 0 saturated heterocycles. The molecule has 1 aliphatic heterocycles. The molecule has 0 saturated carbocycles. The number of methoxy groups -OCH3 is 1. The molecule has 7 heteroatoms. The molecule has 0 radical (unpaired) electrons. The topological polar surface area (TPSA) is 72.7 Å². The first-order valence-electron chi connectivity index (χ1n) is 14.3. The third kappa shape index (κ3) is 5.61. The number of benzene rings is 3. The highest BCUT2D eigenvalue weighted by Gasteiger charge is 2.32. The molecule has 2 heterocycles. The minimum atomic E-state index is -0.614. The van der Waals surface area contributed by atoms with Crippen molar-refractivity contribution in [3.05, 3.63) is 126 Å². The molecule has 1 atom stereocenters. The normalized spacial score (nSPS) is 15.2. The number of fused-ring (bicyclic) bond motifs is 1. The summed E-state index contributed by atoms with van der Waals surface area (Å²) in [5, 5.41) is 3.01. The molecule has 216 valence electrons. The average molecular weight is 580 g/mol. The number of para-hydroxylation sites is 1. The standard InChI is InChI=1S/C35H37N3O3S/c1-20(2)24-13-15-25(16-14-24)32-31(33(39)37-27-11-9-8-10-12-27)23(6)36-35-38(32)34(40)30(42-35)19-26-18-28(21(3)4)29(41-7)17-22(26)5/h8-21,32H,1-7H3,(H,37,39)/b30-19+/t32-/m0/s1. The second kappa shape index (κ2) is 11.9. The second-order valence-electron chi connectivity index (χ2n) is 11.3. The van der Waals surface area contributed by atoms with Crippen LogP contribution in [0.2, 0.25) is 0 Å². The summed E-state index contributed by atoms with van der Waals surface area (Å²) in [5.74, 6) is 1.19. The lowest BCUT2D eigenvalue weighted by Crippen LogP contribution is -2.40. The third-order valence-corrected chi connectivity index (χ3v) is 8.73. The van der Waals surface area contributed by atoms with Crippen LogP contribution in [0.25, 0.3) is 6.08 Å².